The highest BCUT2D eigenvalue weighted by molar-refractivity contribution is 7.90. The van der Waals surface area contributed by atoms with E-state index in [2.05, 4.69) is 5.32 Å². The number of hydrogen-bond donors (Lipinski definition) is 1. The molecule has 0 saturated heterocycles. The largest absolute Gasteiger partial charge is 0.489 e. The van der Waals surface area contributed by atoms with Gasteiger partial charge in [0.15, 0.2) is 9.84 Å². The number of sulfone groups is 1. The van der Waals surface area contributed by atoms with Gasteiger partial charge in [-0.15, -0.1) is 0 Å². The van der Waals surface area contributed by atoms with E-state index in [-0.39, 0.29) is 28.0 Å². The summed E-state index contributed by atoms with van der Waals surface area (Å²) in [6.45, 7) is 0.216. The fraction of sp³-hybridized carbons (Fsp3) is 0.0952. The van der Waals surface area contributed by atoms with E-state index in [0.29, 0.717) is 11.3 Å². The third-order valence-corrected chi connectivity index (χ3v) is 5.47. The predicted molar refractivity (Wildman–Crippen MR) is 110 cm³/mol. The summed E-state index contributed by atoms with van der Waals surface area (Å²) in [5, 5.41) is 2.83. The molecule has 5 nitrogen and oxygen atoms in total. The molecule has 0 saturated carbocycles. The number of halogens is 2. The van der Waals surface area contributed by atoms with Crippen LogP contribution in [0.25, 0.3) is 0 Å². The molecule has 1 amide bonds. The zero-order chi connectivity index (χ0) is 21.0. The smallest absolute Gasteiger partial charge is 0.255 e. The van der Waals surface area contributed by atoms with E-state index in [0.717, 1.165) is 11.8 Å². The minimum Gasteiger partial charge on any atom is -0.489 e. The highest BCUT2D eigenvalue weighted by atomic mass is 35.5. The molecule has 0 aromatic heterocycles. The van der Waals surface area contributed by atoms with Gasteiger partial charge in [0.25, 0.3) is 5.91 Å². The Kier molecular flexibility index (Phi) is 6.20. The van der Waals surface area contributed by atoms with Crippen LogP contribution in [0.15, 0.2) is 71.6 Å². The van der Waals surface area contributed by atoms with Crippen LogP contribution in [0.4, 0.5) is 10.1 Å². The summed E-state index contributed by atoms with van der Waals surface area (Å²) in [5.74, 6) is -0.339. The maximum atomic E-state index is 13.0. The summed E-state index contributed by atoms with van der Waals surface area (Å²) in [7, 11) is -3.44. The maximum absolute atomic E-state index is 13.0. The zero-order valence-corrected chi connectivity index (χ0v) is 16.9. The number of anilines is 1. The lowest BCUT2D eigenvalue weighted by atomic mass is 10.2. The lowest BCUT2D eigenvalue weighted by Crippen LogP contribution is -2.13. The zero-order valence-electron chi connectivity index (χ0n) is 15.4. The number of amides is 1. The van der Waals surface area contributed by atoms with Gasteiger partial charge < -0.3 is 10.1 Å². The van der Waals surface area contributed by atoms with Crippen LogP contribution >= 0.6 is 11.6 Å². The van der Waals surface area contributed by atoms with E-state index >= 15 is 0 Å². The Hall–Kier alpha value is -2.90. The summed E-state index contributed by atoms with van der Waals surface area (Å²) in [4.78, 5) is 12.6. The Morgan fingerprint density at radius 1 is 1.07 bits per heavy atom. The van der Waals surface area contributed by atoms with Gasteiger partial charge >= 0.3 is 0 Å². The van der Waals surface area contributed by atoms with Crippen molar-refractivity contribution in [3.8, 4) is 5.75 Å². The molecule has 3 aromatic carbocycles. The number of carbonyl (C=O) groups excluding carboxylic acids is 1. The molecule has 150 valence electrons. The molecule has 0 unspecified atom stereocenters. The van der Waals surface area contributed by atoms with Crippen LogP contribution in [-0.4, -0.2) is 20.6 Å². The normalized spacial score (nSPS) is 11.1. The van der Waals surface area contributed by atoms with E-state index in [1.54, 1.807) is 36.4 Å². The third-order valence-electron chi connectivity index (χ3n) is 4.03. The van der Waals surface area contributed by atoms with E-state index in [1.807, 2.05) is 0 Å². The number of ether oxygens (including phenoxy) is 1. The molecule has 1 N–H and O–H groups in total. The lowest BCUT2D eigenvalue weighted by Gasteiger charge is -2.11. The van der Waals surface area contributed by atoms with Crippen LogP contribution in [0.2, 0.25) is 5.02 Å². The first kappa shape index (κ1) is 20.8. The third kappa shape index (κ3) is 5.56. The van der Waals surface area contributed by atoms with Crippen LogP contribution in [-0.2, 0) is 16.4 Å². The SMILES string of the molecule is CS(=O)(=O)c1ccc(Cl)c(NC(=O)c2cccc(OCc3ccc(F)cc3)c2)c1. The molecular formula is C21H17ClFNO4S. The van der Waals surface area contributed by atoms with Crippen molar-refractivity contribution >= 4 is 33.0 Å². The quantitative estimate of drug-likeness (QED) is 0.610. The summed E-state index contributed by atoms with van der Waals surface area (Å²) < 4.78 is 42.0. The molecular weight excluding hydrogens is 417 g/mol. The van der Waals surface area contributed by atoms with Crippen LogP contribution in [0.5, 0.6) is 5.75 Å². The van der Waals surface area contributed by atoms with Gasteiger partial charge in [-0.3, -0.25) is 4.79 Å². The summed E-state index contributed by atoms with van der Waals surface area (Å²) in [6.07, 6.45) is 1.07. The van der Waals surface area contributed by atoms with Gasteiger partial charge in [0.1, 0.15) is 18.2 Å². The second-order valence-corrected chi connectivity index (χ2v) is 8.73. The molecule has 3 rings (SSSR count). The van der Waals surface area contributed by atoms with Gasteiger partial charge in [-0.1, -0.05) is 29.8 Å². The first-order valence-electron chi connectivity index (χ1n) is 8.50. The molecule has 0 fully saturated rings. The minimum atomic E-state index is -3.44. The number of hydrogen-bond acceptors (Lipinski definition) is 4. The van der Waals surface area contributed by atoms with Crippen LogP contribution < -0.4 is 10.1 Å². The fourth-order valence-corrected chi connectivity index (χ4v) is 3.31. The van der Waals surface area contributed by atoms with Gasteiger partial charge in [-0.05, 0) is 54.1 Å². The highest BCUT2D eigenvalue weighted by Gasteiger charge is 2.14. The topological polar surface area (TPSA) is 72.5 Å². The van der Waals surface area contributed by atoms with Crippen molar-refractivity contribution in [3.63, 3.8) is 0 Å². The first-order chi connectivity index (χ1) is 13.7. The molecule has 29 heavy (non-hydrogen) atoms. The van der Waals surface area contributed by atoms with Crippen LogP contribution in [0.1, 0.15) is 15.9 Å². The van der Waals surface area contributed by atoms with Crippen molar-refractivity contribution < 1.29 is 22.3 Å². The Bertz CT molecular complexity index is 1150. The van der Waals surface area contributed by atoms with Crippen LogP contribution in [0.3, 0.4) is 0 Å². The summed E-state index contributed by atoms with van der Waals surface area (Å²) in [5.41, 5.74) is 1.28. The van der Waals surface area contributed by atoms with Gasteiger partial charge in [-0.2, -0.15) is 0 Å². The number of benzene rings is 3. The van der Waals surface area contributed by atoms with Gasteiger partial charge in [0.2, 0.25) is 0 Å². The first-order valence-corrected chi connectivity index (χ1v) is 10.8. The van der Waals surface area contributed by atoms with Gasteiger partial charge in [0, 0.05) is 11.8 Å². The Labute approximate surface area is 173 Å². The number of nitrogens with one attached hydrogen (secondary N) is 1. The van der Waals surface area contributed by atoms with Crippen molar-refractivity contribution in [1.82, 2.24) is 0 Å². The standard InChI is InChI=1S/C21H17ClFNO4S/c1-29(26,27)18-9-10-19(22)20(12-18)24-21(25)15-3-2-4-17(11-15)28-13-14-5-7-16(23)8-6-14/h2-12H,13H2,1H3,(H,24,25). The Morgan fingerprint density at radius 3 is 2.48 bits per heavy atom. The fourth-order valence-electron chi connectivity index (χ4n) is 2.50. The Morgan fingerprint density at radius 2 is 1.79 bits per heavy atom. The number of rotatable bonds is 6. The Balaban J connectivity index is 1.73. The second-order valence-electron chi connectivity index (χ2n) is 6.31. The molecule has 0 radical (unpaired) electrons. The average Bonchev–Trinajstić information content (AvgIpc) is 2.68. The van der Waals surface area contributed by atoms with Crippen molar-refractivity contribution in [2.24, 2.45) is 0 Å². The summed E-state index contributed by atoms with van der Waals surface area (Å²) >= 11 is 6.08. The lowest BCUT2D eigenvalue weighted by molar-refractivity contribution is 0.102. The minimum absolute atomic E-state index is 0.0496. The van der Waals surface area contributed by atoms with E-state index in [1.165, 1.54) is 30.3 Å². The molecule has 0 aliphatic rings. The predicted octanol–water partition coefficient (Wildman–Crippen LogP) is 4.71. The summed E-state index contributed by atoms with van der Waals surface area (Å²) in [6, 6.07) is 16.5. The maximum Gasteiger partial charge on any atom is 0.255 e. The molecule has 3 aromatic rings. The molecule has 0 bridgehead atoms. The van der Waals surface area contributed by atoms with Gasteiger partial charge in [-0.25, -0.2) is 12.8 Å². The molecule has 0 atom stereocenters. The number of carbonyl (C=O) groups is 1. The average molecular weight is 434 g/mol. The van der Waals surface area contributed by atoms with Crippen molar-refractivity contribution in [2.75, 3.05) is 11.6 Å². The molecule has 0 aliphatic heterocycles. The van der Waals surface area contributed by atoms with E-state index in [9.17, 15) is 17.6 Å². The van der Waals surface area contributed by atoms with E-state index in [4.69, 9.17) is 16.3 Å². The van der Waals surface area contributed by atoms with Gasteiger partial charge in [0.05, 0.1) is 15.6 Å². The molecule has 0 heterocycles. The molecule has 0 spiro atoms. The van der Waals surface area contributed by atoms with Crippen molar-refractivity contribution in [2.45, 2.75) is 11.5 Å². The van der Waals surface area contributed by atoms with Crippen molar-refractivity contribution in [1.29, 1.82) is 0 Å². The molecule has 0 aliphatic carbocycles. The second kappa shape index (κ2) is 8.63. The van der Waals surface area contributed by atoms with Crippen molar-refractivity contribution in [3.05, 3.63) is 88.7 Å². The highest BCUT2D eigenvalue weighted by Crippen LogP contribution is 2.26. The molecule has 8 heteroatoms. The van der Waals surface area contributed by atoms with Crippen LogP contribution in [0, 0.1) is 5.82 Å². The van der Waals surface area contributed by atoms with E-state index < -0.39 is 15.7 Å². The monoisotopic (exact) mass is 433 g/mol.